The van der Waals surface area contributed by atoms with Crippen LogP contribution in [-0.2, 0) is 14.6 Å². The fourth-order valence-corrected chi connectivity index (χ4v) is 2.17. The van der Waals surface area contributed by atoms with Gasteiger partial charge in [0.25, 0.3) is 0 Å². The molecule has 0 fully saturated rings. The molecule has 0 aliphatic heterocycles. The predicted molar refractivity (Wildman–Crippen MR) is 93.2 cm³/mol. The van der Waals surface area contributed by atoms with Gasteiger partial charge in [-0.05, 0) is 19.3 Å². The molecule has 7 heteroatoms. The zero-order valence-electron chi connectivity index (χ0n) is 14.5. The highest BCUT2D eigenvalue weighted by atomic mass is 32.2. The van der Waals surface area contributed by atoms with E-state index in [0.29, 0.717) is 13.2 Å². The van der Waals surface area contributed by atoms with E-state index >= 15 is 0 Å². The molecule has 22 heavy (non-hydrogen) atoms. The standard InChI is InChI=1S/C15H33N3O3S/c1-5-16-15(17-9-7-6-8-14(2)3)18-10-11-21-12-13-22(4,19)20/h14H,5-13H2,1-4H3,(H2,16,17,18). The number of aliphatic imine (C=N–C) groups is 1. The zero-order chi connectivity index (χ0) is 16.8. The Hall–Kier alpha value is -0.820. The number of sulfone groups is 1. The van der Waals surface area contributed by atoms with Crippen molar-refractivity contribution >= 4 is 15.8 Å². The number of hydrogen-bond acceptors (Lipinski definition) is 4. The van der Waals surface area contributed by atoms with Crippen molar-refractivity contribution < 1.29 is 13.2 Å². The molecule has 132 valence electrons. The fourth-order valence-electron chi connectivity index (χ4n) is 1.75. The van der Waals surface area contributed by atoms with Crippen molar-refractivity contribution in [3.05, 3.63) is 0 Å². The minimum atomic E-state index is -2.94. The summed E-state index contributed by atoms with van der Waals surface area (Å²) in [7, 11) is -2.94. The lowest BCUT2D eigenvalue weighted by atomic mass is 10.1. The van der Waals surface area contributed by atoms with Crippen LogP contribution in [0.1, 0.15) is 40.0 Å². The third kappa shape index (κ3) is 15.6. The first kappa shape index (κ1) is 21.2. The monoisotopic (exact) mass is 335 g/mol. The molecule has 0 aliphatic carbocycles. The van der Waals surface area contributed by atoms with E-state index < -0.39 is 9.84 Å². The van der Waals surface area contributed by atoms with Crippen LogP contribution in [0.25, 0.3) is 0 Å². The van der Waals surface area contributed by atoms with Crippen LogP contribution in [0.5, 0.6) is 0 Å². The Balaban J connectivity index is 3.79. The van der Waals surface area contributed by atoms with Gasteiger partial charge in [-0.3, -0.25) is 4.99 Å². The number of rotatable bonds is 12. The van der Waals surface area contributed by atoms with Crippen LogP contribution in [0, 0.1) is 5.92 Å². The predicted octanol–water partition coefficient (Wildman–Crippen LogP) is 1.43. The van der Waals surface area contributed by atoms with Crippen molar-refractivity contribution in [2.75, 3.05) is 44.9 Å². The molecule has 0 rings (SSSR count). The van der Waals surface area contributed by atoms with E-state index in [9.17, 15) is 8.42 Å². The molecule has 0 aromatic heterocycles. The maximum Gasteiger partial charge on any atom is 0.191 e. The van der Waals surface area contributed by atoms with Gasteiger partial charge in [-0.15, -0.1) is 0 Å². The molecule has 0 spiro atoms. The SMILES string of the molecule is CCNC(=NCCCCC(C)C)NCCOCCS(C)(=O)=O. The van der Waals surface area contributed by atoms with Gasteiger partial charge >= 0.3 is 0 Å². The number of unbranched alkanes of at least 4 members (excludes halogenated alkanes) is 1. The lowest BCUT2D eigenvalue weighted by molar-refractivity contribution is 0.154. The molecule has 0 aromatic rings. The van der Waals surface area contributed by atoms with Gasteiger partial charge in [0.1, 0.15) is 9.84 Å². The Morgan fingerprint density at radius 2 is 1.91 bits per heavy atom. The molecule has 0 radical (unpaired) electrons. The lowest BCUT2D eigenvalue weighted by Gasteiger charge is -2.11. The van der Waals surface area contributed by atoms with E-state index in [2.05, 4.69) is 29.5 Å². The van der Waals surface area contributed by atoms with Gasteiger partial charge in [0, 0.05) is 25.9 Å². The Morgan fingerprint density at radius 3 is 2.50 bits per heavy atom. The summed E-state index contributed by atoms with van der Waals surface area (Å²) in [6.45, 7) is 9.44. The van der Waals surface area contributed by atoms with Gasteiger partial charge in [-0.25, -0.2) is 8.42 Å². The molecular weight excluding hydrogens is 302 g/mol. The summed E-state index contributed by atoms with van der Waals surface area (Å²) >= 11 is 0. The number of ether oxygens (including phenoxy) is 1. The van der Waals surface area contributed by atoms with Gasteiger partial charge in [0.15, 0.2) is 5.96 Å². The van der Waals surface area contributed by atoms with Crippen LogP contribution in [0.15, 0.2) is 4.99 Å². The van der Waals surface area contributed by atoms with E-state index in [1.165, 1.54) is 19.1 Å². The van der Waals surface area contributed by atoms with Crippen molar-refractivity contribution in [1.82, 2.24) is 10.6 Å². The summed E-state index contributed by atoms with van der Waals surface area (Å²) in [6, 6.07) is 0. The van der Waals surface area contributed by atoms with Crippen molar-refractivity contribution in [3.8, 4) is 0 Å². The van der Waals surface area contributed by atoms with E-state index in [0.717, 1.165) is 31.4 Å². The summed E-state index contributed by atoms with van der Waals surface area (Å²) in [5.74, 6) is 1.61. The molecule has 0 aliphatic rings. The quantitative estimate of drug-likeness (QED) is 0.320. The largest absolute Gasteiger partial charge is 0.379 e. The summed E-state index contributed by atoms with van der Waals surface area (Å²) in [5.41, 5.74) is 0. The van der Waals surface area contributed by atoms with Gasteiger partial charge < -0.3 is 15.4 Å². The minimum absolute atomic E-state index is 0.0665. The van der Waals surface area contributed by atoms with Gasteiger partial charge in [-0.2, -0.15) is 0 Å². The van der Waals surface area contributed by atoms with Crippen LogP contribution in [-0.4, -0.2) is 59.2 Å². The third-order valence-electron chi connectivity index (χ3n) is 2.94. The van der Waals surface area contributed by atoms with E-state index in [-0.39, 0.29) is 12.4 Å². The Morgan fingerprint density at radius 1 is 1.18 bits per heavy atom. The molecule has 6 nitrogen and oxygen atoms in total. The molecule has 2 N–H and O–H groups in total. The Kier molecular flexibility index (Phi) is 12.2. The van der Waals surface area contributed by atoms with Crippen LogP contribution in [0.4, 0.5) is 0 Å². The van der Waals surface area contributed by atoms with Crippen molar-refractivity contribution in [2.24, 2.45) is 10.9 Å². The number of nitrogens with zero attached hydrogens (tertiary/aromatic N) is 1. The summed E-state index contributed by atoms with van der Waals surface area (Å²) in [4.78, 5) is 4.51. The topological polar surface area (TPSA) is 79.8 Å². The van der Waals surface area contributed by atoms with Crippen LogP contribution >= 0.6 is 0 Å². The van der Waals surface area contributed by atoms with Gasteiger partial charge in [0.2, 0.25) is 0 Å². The maximum absolute atomic E-state index is 10.9. The molecule has 0 saturated heterocycles. The highest BCUT2D eigenvalue weighted by molar-refractivity contribution is 7.90. The van der Waals surface area contributed by atoms with Crippen LogP contribution < -0.4 is 10.6 Å². The molecule has 0 amide bonds. The Bertz CT molecular complexity index is 395. The summed E-state index contributed by atoms with van der Waals surface area (Å²) < 4.78 is 27.2. The van der Waals surface area contributed by atoms with Crippen LogP contribution in [0.2, 0.25) is 0 Å². The highest BCUT2D eigenvalue weighted by Crippen LogP contribution is 2.05. The second-order valence-electron chi connectivity index (χ2n) is 5.82. The smallest absolute Gasteiger partial charge is 0.191 e. The molecular formula is C15H33N3O3S. The maximum atomic E-state index is 10.9. The second kappa shape index (κ2) is 12.7. The zero-order valence-corrected chi connectivity index (χ0v) is 15.3. The first-order valence-electron chi connectivity index (χ1n) is 8.12. The van der Waals surface area contributed by atoms with Gasteiger partial charge in [-0.1, -0.05) is 26.7 Å². The third-order valence-corrected chi connectivity index (χ3v) is 3.85. The molecule has 0 heterocycles. The first-order chi connectivity index (χ1) is 10.3. The second-order valence-corrected chi connectivity index (χ2v) is 8.08. The van der Waals surface area contributed by atoms with Crippen molar-refractivity contribution in [1.29, 1.82) is 0 Å². The molecule has 0 unspecified atom stereocenters. The average molecular weight is 336 g/mol. The summed E-state index contributed by atoms with van der Waals surface area (Å²) in [5, 5.41) is 6.37. The first-order valence-corrected chi connectivity index (χ1v) is 10.2. The lowest BCUT2D eigenvalue weighted by Crippen LogP contribution is -2.39. The molecule has 0 aromatic carbocycles. The van der Waals surface area contributed by atoms with Crippen molar-refractivity contribution in [2.45, 2.75) is 40.0 Å². The van der Waals surface area contributed by atoms with E-state index in [4.69, 9.17) is 4.74 Å². The van der Waals surface area contributed by atoms with E-state index in [1.807, 2.05) is 6.92 Å². The van der Waals surface area contributed by atoms with Crippen molar-refractivity contribution in [3.63, 3.8) is 0 Å². The number of guanidine groups is 1. The number of hydrogen-bond donors (Lipinski definition) is 2. The normalized spacial score (nSPS) is 12.7. The average Bonchev–Trinajstić information content (AvgIpc) is 2.40. The van der Waals surface area contributed by atoms with Gasteiger partial charge in [0.05, 0.1) is 19.0 Å². The Labute approximate surface area is 136 Å². The molecule has 0 bridgehead atoms. The summed E-state index contributed by atoms with van der Waals surface area (Å²) in [6.07, 6.45) is 4.76. The van der Waals surface area contributed by atoms with E-state index in [1.54, 1.807) is 0 Å². The molecule has 0 saturated carbocycles. The number of nitrogens with one attached hydrogen (secondary N) is 2. The fraction of sp³-hybridized carbons (Fsp3) is 0.933. The van der Waals surface area contributed by atoms with Crippen LogP contribution in [0.3, 0.4) is 0 Å². The minimum Gasteiger partial charge on any atom is -0.379 e. The molecule has 0 atom stereocenters. The highest BCUT2D eigenvalue weighted by Gasteiger charge is 2.01.